The Labute approximate surface area is 110 Å². The van der Waals surface area contributed by atoms with Crippen LogP contribution < -0.4 is 5.32 Å². The summed E-state index contributed by atoms with van der Waals surface area (Å²) in [6.07, 6.45) is 1.23. The first-order valence-electron chi connectivity index (χ1n) is 6.56. The van der Waals surface area contributed by atoms with Gasteiger partial charge >= 0.3 is 0 Å². The van der Waals surface area contributed by atoms with E-state index < -0.39 is 0 Å². The highest BCUT2D eigenvalue weighted by Gasteiger charge is 2.02. The van der Waals surface area contributed by atoms with Crippen molar-refractivity contribution in [1.29, 1.82) is 0 Å². The maximum atomic E-state index is 3.48. The summed E-state index contributed by atoms with van der Waals surface area (Å²) in [6.45, 7) is 8.99. The topological polar surface area (TPSA) is 12.0 Å². The summed E-state index contributed by atoms with van der Waals surface area (Å²) in [5.74, 6) is 3.14. The Morgan fingerprint density at radius 1 is 1.35 bits per heavy atom. The first kappa shape index (κ1) is 14.6. The SMILES string of the molecule is CCCNCC(C)CSCc1cccc(C)c1. The maximum absolute atomic E-state index is 3.48. The molecule has 0 aliphatic rings. The zero-order chi connectivity index (χ0) is 12.5. The lowest BCUT2D eigenvalue weighted by atomic mass is 10.2. The number of benzene rings is 1. The lowest BCUT2D eigenvalue weighted by Crippen LogP contribution is -2.23. The Morgan fingerprint density at radius 2 is 2.18 bits per heavy atom. The van der Waals surface area contributed by atoms with E-state index in [9.17, 15) is 0 Å². The fourth-order valence-electron chi connectivity index (χ4n) is 1.76. The van der Waals surface area contributed by atoms with E-state index in [-0.39, 0.29) is 0 Å². The summed E-state index contributed by atoms with van der Waals surface area (Å²) in [5, 5.41) is 3.48. The average molecular weight is 251 g/mol. The zero-order valence-corrected chi connectivity index (χ0v) is 12.1. The monoisotopic (exact) mass is 251 g/mol. The van der Waals surface area contributed by atoms with Crippen LogP contribution in [-0.4, -0.2) is 18.8 Å². The standard InChI is InChI=1S/C15H25NS/c1-4-8-16-10-14(3)11-17-12-15-7-5-6-13(2)9-15/h5-7,9,14,16H,4,8,10-12H2,1-3H3. The highest BCUT2D eigenvalue weighted by molar-refractivity contribution is 7.98. The lowest BCUT2D eigenvalue weighted by molar-refractivity contribution is 0.557. The van der Waals surface area contributed by atoms with E-state index in [4.69, 9.17) is 0 Å². The molecule has 2 heteroatoms. The summed E-state index contributed by atoms with van der Waals surface area (Å²) < 4.78 is 0. The molecule has 1 atom stereocenters. The molecule has 0 amide bonds. The molecule has 1 unspecified atom stereocenters. The molecule has 0 spiro atoms. The molecule has 0 aromatic heterocycles. The summed E-state index contributed by atoms with van der Waals surface area (Å²) in [4.78, 5) is 0. The molecule has 0 radical (unpaired) electrons. The van der Waals surface area contributed by atoms with Gasteiger partial charge < -0.3 is 5.32 Å². The summed E-state index contributed by atoms with van der Waals surface area (Å²) in [6, 6.07) is 8.82. The molecule has 0 saturated heterocycles. The average Bonchev–Trinajstić information content (AvgIpc) is 2.29. The highest BCUT2D eigenvalue weighted by Crippen LogP contribution is 2.16. The molecule has 0 bridgehead atoms. The van der Waals surface area contributed by atoms with Gasteiger partial charge in [0.25, 0.3) is 0 Å². The van der Waals surface area contributed by atoms with Gasteiger partial charge in [0.15, 0.2) is 0 Å². The Morgan fingerprint density at radius 3 is 2.88 bits per heavy atom. The van der Waals surface area contributed by atoms with Crippen LogP contribution in [0.15, 0.2) is 24.3 Å². The van der Waals surface area contributed by atoms with E-state index in [0.29, 0.717) is 0 Å². The maximum Gasteiger partial charge on any atom is 0.0184 e. The highest BCUT2D eigenvalue weighted by atomic mass is 32.2. The normalized spacial score (nSPS) is 12.6. The largest absolute Gasteiger partial charge is 0.316 e. The van der Waals surface area contributed by atoms with E-state index in [0.717, 1.165) is 24.8 Å². The van der Waals surface area contributed by atoms with E-state index >= 15 is 0 Å². The molecule has 1 N–H and O–H groups in total. The minimum atomic E-state index is 0.761. The van der Waals surface area contributed by atoms with Crippen molar-refractivity contribution in [3.63, 3.8) is 0 Å². The van der Waals surface area contributed by atoms with Gasteiger partial charge in [-0.1, -0.05) is 43.7 Å². The van der Waals surface area contributed by atoms with Crippen LogP contribution in [0.5, 0.6) is 0 Å². The first-order chi connectivity index (χ1) is 8.22. The van der Waals surface area contributed by atoms with Crippen molar-refractivity contribution in [2.45, 2.75) is 32.9 Å². The fourth-order valence-corrected chi connectivity index (χ4v) is 2.82. The van der Waals surface area contributed by atoms with Crippen molar-refractivity contribution in [2.75, 3.05) is 18.8 Å². The Hall–Kier alpha value is -0.470. The van der Waals surface area contributed by atoms with Gasteiger partial charge in [-0.3, -0.25) is 0 Å². The second-order valence-electron chi connectivity index (χ2n) is 4.81. The van der Waals surface area contributed by atoms with Gasteiger partial charge in [0.2, 0.25) is 0 Å². The second kappa shape index (κ2) is 8.60. The number of aryl methyl sites for hydroxylation is 1. The number of thioether (sulfide) groups is 1. The minimum Gasteiger partial charge on any atom is -0.316 e. The molecular weight excluding hydrogens is 226 g/mol. The molecule has 1 nitrogen and oxygen atoms in total. The number of hydrogen-bond acceptors (Lipinski definition) is 2. The van der Waals surface area contributed by atoms with Crippen molar-refractivity contribution in [3.05, 3.63) is 35.4 Å². The van der Waals surface area contributed by atoms with Gasteiger partial charge in [0, 0.05) is 5.75 Å². The van der Waals surface area contributed by atoms with Crippen molar-refractivity contribution in [3.8, 4) is 0 Å². The Kier molecular flexibility index (Phi) is 7.38. The van der Waals surface area contributed by atoms with Crippen LogP contribution in [0.3, 0.4) is 0 Å². The zero-order valence-electron chi connectivity index (χ0n) is 11.3. The third kappa shape index (κ3) is 6.75. The molecule has 1 aromatic rings. The molecule has 0 aliphatic carbocycles. The van der Waals surface area contributed by atoms with E-state index in [1.807, 2.05) is 11.8 Å². The molecular formula is C15H25NS. The summed E-state index contributed by atoms with van der Waals surface area (Å²) >= 11 is 2.04. The molecule has 0 saturated carbocycles. The van der Waals surface area contributed by atoms with Gasteiger partial charge in [-0.2, -0.15) is 11.8 Å². The predicted molar refractivity (Wildman–Crippen MR) is 79.7 cm³/mol. The fraction of sp³-hybridized carbons (Fsp3) is 0.600. The van der Waals surface area contributed by atoms with Gasteiger partial charge in [-0.15, -0.1) is 0 Å². The van der Waals surface area contributed by atoms with Gasteiger partial charge in [0.05, 0.1) is 0 Å². The quantitative estimate of drug-likeness (QED) is 0.704. The van der Waals surface area contributed by atoms with E-state index in [2.05, 4.69) is 50.4 Å². The van der Waals surface area contributed by atoms with Crippen molar-refractivity contribution in [1.82, 2.24) is 5.32 Å². The van der Waals surface area contributed by atoms with Gasteiger partial charge in [0.1, 0.15) is 0 Å². The first-order valence-corrected chi connectivity index (χ1v) is 7.72. The third-order valence-corrected chi connectivity index (χ3v) is 4.02. The van der Waals surface area contributed by atoms with E-state index in [1.54, 1.807) is 0 Å². The smallest absolute Gasteiger partial charge is 0.0184 e. The Bertz CT molecular complexity index is 312. The number of nitrogens with one attached hydrogen (secondary N) is 1. The van der Waals surface area contributed by atoms with Crippen molar-refractivity contribution < 1.29 is 0 Å². The summed E-state index contributed by atoms with van der Waals surface area (Å²) in [7, 11) is 0. The van der Waals surface area contributed by atoms with Crippen LogP contribution in [0.4, 0.5) is 0 Å². The Balaban J connectivity index is 2.14. The summed E-state index contributed by atoms with van der Waals surface area (Å²) in [5.41, 5.74) is 2.81. The van der Waals surface area contributed by atoms with Crippen LogP contribution >= 0.6 is 11.8 Å². The van der Waals surface area contributed by atoms with Crippen LogP contribution in [-0.2, 0) is 5.75 Å². The molecule has 1 rings (SSSR count). The predicted octanol–water partition coefficient (Wildman–Crippen LogP) is 3.86. The van der Waals surface area contributed by atoms with Crippen molar-refractivity contribution >= 4 is 11.8 Å². The number of rotatable bonds is 8. The minimum absolute atomic E-state index is 0.761. The molecule has 0 aliphatic heterocycles. The van der Waals surface area contributed by atoms with Crippen LogP contribution in [0.1, 0.15) is 31.4 Å². The van der Waals surface area contributed by atoms with Gasteiger partial charge in [-0.05, 0) is 43.7 Å². The van der Waals surface area contributed by atoms with Crippen LogP contribution in [0.25, 0.3) is 0 Å². The second-order valence-corrected chi connectivity index (χ2v) is 5.84. The molecule has 96 valence electrons. The lowest BCUT2D eigenvalue weighted by Gasteiger charge is -2.11. The van der Waals surface area contributed by atoms with Gasteiger partial charge in [-0.25, -0.2) is 0 Å². The van der Waals surface area contributed by atoms with Crippen molar-refractivity contribution in [2.24, 2.45) is 5.92 Å². The molecule has 0 fully saturated rings. The number of hydrogen-bond donors (Lipinski definition) is 1. The third-order valence-electron chi connectivity index (χ3n) is 2.67. The van der Waals surface area contributed by atoms with E-state index in [1.165, 1.54) is 23.3 Å². The molecule has 0 heterocycles. The van der Waals surface area contributed by atoms with Crippen LogP contribution in [0, 0.1) is 12.8 Å². The molecule has 1 aromatic carbocycles. The van der Waals surface area contributed by atoms with Crippen LogP contribution in [0.2, 0.25) is 0 Å². The molecule has 17 heavy (non-hydrogen) atoms.